The predicted molar refractivity (Wildman–Crippen MR) is 87.6 cm³/mol. The van der Waals surface area contributed by atoms with Crippen LogP contribution in [-0.4, -0.2) is 42.8 Å². The average Bonchev–Trinajstić information content (AvgIpc) is 3.11. The van der Waals surface area contributed by atoms with Crippen LogP contribution in [0.4, 0.5) is 0 Å². The van der Waals surface area contributed by atoms with Gasteiger partial charge in [0.15, 0.2) is 0 Å². The van der Waals surface area contributed by atoms with Crippen molar-refractivity contribution < 1.29 is 33.3 Å². The van der Waals surface area contributed by atoms with Gasteiger partial charge in [0.25, 0.3) is 0 Å². The molecule has 2 saturated heterocycles. The van der Waals surface area contributed by atoms with Crippen molar-refractivity contribution in [3.05, 3.63) is 11.3 Å². The predicted octanol–water partition coefficient (Wildman–Crippen LogP) is 2.03. The Bertz CT molecular complexity index is 736. The first-order valence-corrected chi connectivity index (χ1v) is 9.09. The maximum Gasteiger partial charge on any atom is 0.356 e. The van der Waals surface area contributed by atoms with Gasteiger partial charge in [-0.05, 0) is 32.6 Å². The van der Waals surface area contributed by atoms with Gasteiger partial charge in [-0.2, -0.15) is 0 Å². The molecule has 0 aromatic heterocycles. The highest BCUT2D eigenvalue weighted by atomic mass is 16.6. The van der Waals surface area contributed by atoms with Gasteiger partial charge in [0.05, 0.1) is 24.7 Å². The van der Waals surface area contributed by atoms with Crippen LogP contribution in [0.15, 0.2) is 11.3 Å². The van der Waals surface area contributed by atoms with E-state index in [1.807, 2.05) is 20.8 Å². The second-order valence-corrected chi connectivity index (χ2v) is 8.42. The number of hydrogen-bond acceptors (Lipinski definition) is 7. The summed E-state index contributed by atoms with van der Waals surface area (Å²) >= 11 is 0. The molecule has 0 aromatic carbocycles. The van der Waals surface area contributed by atoms with Crippen LogP contribution in [0.2, 0.25) is 0 Å². The Morgan fingerprint density at radius 2 is 1.88 bits per heavy atom. The van der Waals surface area contributed by atoms with Crippen LogP contribution in [0.3, 0.4) is 0 Å². The number of methoxy groups -OCH3 is 1. The van der Waals surface area contributed by atoms with Crippen molar-refractivity contribution >= 4 is 17.9 Å². The summed E-state index contributed by atoms with van der Waals surface area (Å²) in [5.41, 5.74) is -2.44. The van der Waals surface area contributed by atoms with Crippen molar-refractivity contribution in [1.29, 1.82) is 0 Å². The smallest absolute Gasteiger partial charge is 0.356 e. The maximum atomic E-state index is 13.2. The second kappa shape index (κ2) is 5.31. The Labute approximate surface area is 152 Å². The monoisotopic (exact) mass is 364 g/mol. The molecule has 4 atom stereocenters. The summed E-state index contributed by atoms with van der Waals surface area (Å²) < 4.78 is 21.9. The number of esters is 3. The first-order valence-electron chi connectivity index (χ1n) is 9.09. The van der Waals surface area contributed by atoms with Crippen LogP contribution >= 0.6 is 0 Å². The molecule has 0 N–H and O–H groups in total. The van der Waals surface area contributed by atoms with Gasteiger partial charge in [-0.25, -0.2) is 9.59 Å². The summed E-state index contributed by atoms with van der Waals surface area (Å²) in [7, 11) is 1.29. The highest BCUT2D eigenvalue weighted by Gasteiger charge is 2.76. The van der Waals surface area contributed by atoms with E-state index in [1.54, 1.807) is 0 Å². The van der Waals surface area contributed by atoms with Crippen LogP contribution < -0.4 is 0 Å². The van der Waals surface area contributed by atoms with Crippen molar-refractivity contribution in [3.63, 3.8) is 0 Å². The van der Waals surface area contributed by atoms with Crippen molar-refractivity contribution in [2.45, 2.75) is 70.7 Å². The Morgan fingerprint density at radius 1 is 1.15 bits per heavy atom. The number of carbonyl (C=O) groups is 3. The summed E-state index contributed by atoms with van der Waals surface area (Å²) in [4.78, 5) is 37.8. The van der Waals surface area contributed by atoms with Gasteiger partial charge < -0.3 is 18.9 Å². The quantitative estimate of drug-likeness (QED) is 0.559. The van der Waals surface area contributed by atoms with Crippen LogP contribution in [-0.2, 0) is 33.3 Å². The lowest BCUT2D eigenvalue weighted by Crippen LogP contribution is -2.49. The van der Waals surface area contributed by atoms with E-state index in [0.29, 0.717) is 31.4 Å². The average molecular weight is 364 g/mol. The molecular formula is C19H24O7. The van der Waals surface area contributed by atoms with Crippen molar-refractivity contribution in [2.24, 2.45) is 10.8 Å². The first-order chi connectivity index (χ1) is 12.2. The standard InChI is InChI=1S/C19H24O7/c1-17(2)18(3)7-8-19(17,26-15(18)21)16(22)25-12-9-10-5-6-11(24-10)13(12)14(20)23-4/h10-11H,5-9H2,1-4H3/t10-,11+,18-,19+/m1/s1. The van der Waals surface area contributed by atoms with Crippen LogP contribution in [0, 0.1) is 10.8 Å². The molecule has 0 spiro atoms. The zero-order chi connectivity index (χ0) is 18.9. The molecule has 4 rings (SSSR count). The normalized spacial score (nSPS) is 39.8. The first kappa shape index (κ1) is 17.5. The lowest BCUT2D eigenvalue weighted by molar-refractivity contribution is -0.181. The fourth-order valence-electron chi connectivity index (χ4n) is 4.91. The minimum atomic E-state index is -1.32. The van der Waals surface area contributed by atoms with Gasteiger partial charge in [-0.1, -0.05) is 13.8 Å². The lowest BCUT2D eigenvalue weighted by atomic mass is 9.66. The number of hydrogen-bond donors (Lipinski definition) is 0. The largest absolute Gasteiger partial charge is 0.465 e. The Kier molecular flexibility index (Phi) is 3.58. The van der Waals surface area contributed by atoms with Gasteiger partial charge >= 0.3 is 17.9 Å². The Morgan fingerprint density at radius 3 is 2.46 bits per heavy atom. The van der Waals surface area contributed by atoms with Crippen LogP contribution in [0.25, 0.3) is 0 Å². The van der Waals surface area contributed by atoms with Crippen LogP contribution in [0.1, 0.15) is 52.9 Å². The number of carbonyl (C=O) groups excluding carboxylic acids is 3. The molecule has 7 heteroatoms. The number of fused-ring (bicyclic) bond motifs is 4. The molecule has 1 aliphatic carbocycles. The summed E-state index contributed by atoms with van der Waals surface area (Å²) in [5, 5.41) is 0. The molecule has 4 aliphatic rings. The topological polar surface area (TPSA) is 88.1 Å². The molecule has 0 unspecified atom stereocenters. The van der Waals surface area contributed by atoms with E-state index < -0.39 is 34.5 Å². The molecule has 1 saturated carbocycles. The fraction of sp³-hybridized carbons (Fsp3) is 0.737. The van der Waals surface area contributed by atoms with Gasteiger partial charge in [0.2, 0.25) is 5.60 Å². The molecule has 0 aromatic rings. The minimum absolute atomic E-state index is 0.0679. The van der Waals surface area contributed by atoms with Gasteiger partial charge in [0.1, 0.15) is 11.3 Å². The van der Waals surface area contributed by atoms with Gasteiger partial charge in [0, 0.05) is 11.8 Å². The molecule has 3 aliphatic heterocycles. The zero-order valence-electron chi connectivity index (χ0n) is 15.5. The molecule has 3 heterocycles. The molecule has 142 valence electrons. The van der Waals surface area contributed by atoms with E-state index in [0.717, 1.165) is 6.42 Å². The van der Waals surface area contributed by atoms with Crippen LogP contribution in [0.5, 0.6) is 0 Å². The summed E-state index contributed by atoms with van der Waals surface area (Å²) in [6.07, 6.45) is 2.36. The molecule has 3 fully saturated rings. The van der Waals surface area contributed by atoms with Crippen molar-refractivity contribution in [1.82, 2.24) is 0 Å². The molecule has 26 heavy (non-hydrogen) atoms. The molecule has 4 bridgehead atoms. The van der Waals surface area contributed by atoms with Crippen molar-refractivity contribution in [3.8, 4) is 0 Å². The molecule has 0 amide bonds. The number of rotatable bonds is 3. The van der Waals surface area contributed by atoms with Gasteiger partial charge in [-0.3, -0.25) is 4.79 Å². The van der Waals surface area contributed by atoms with E-state index >= 15 is 0 Å². The summed E-state index contributed by atoms with van der Waals surface area (Å²) in [6, 6.07) is 0. The fourth-order valence-corrected chi connectivity index (χ4v) is 4.91. The lowest BCUT2D eigenvalue weighted by Gasteiger charge is -2.35. The van der Waals surface area contributed by atoms with Crippen molar-refractivity contribution in [2.75, 3.05) is 7.11 Å². The number of ether oxygens (including phenoxy) is 4. The van der Waals surface area contributed by atoms with E-state index in [9.17, 15) is 14.4 Å². The third kappa shape index (κ3) is 1.95. The Hall–Kier alpha value is -1.89. The maximum absolute atomic E-state index is 13.2. The van der Waals surface area contributed by atoms with E-state index in [1.165, 1.54) is 7.11 Å². The highest BCUT2D eigenvalue weighted by molar-refractivity contribution is 5.95. The van der Waals surface area contributed by atoms with E-state index in [-0.39, 0.29) is 17.6 Å². The SMILES string of the molecule is COC(=O)C1=C(OC(=O)[C@]23CC[C@](C)(C(=O)O2)C3(C)C)C[C@H]2CC[C@@H]1O2. The van der Waals surface area contributed by atoms with E-state index in [2.05, 4.69) is 0 Å². The minimum Gasteiger partial charge on any atom is -0.465 e. The third-order valence-corrected chi connectivity index (χ3v) is 7.18. The molecule has 7 nitrogen and oxygen atoms in total. The molecular weight excluding hydrogens is 340 g/mol. The Balaban J connectivity index is 1.68. The zero-order valence-corrected chi connectivity index (χ0v) is 15.5. The third-order valence-electron chi connectivity index (χ3n) is 7.18. The van der Waals surface area contributed by atoms with E-state index in [4.69, 9.17) is 18.9 Å². The summed E-state index contributed by atoms with van der Waals surface area (Å²) in [5.74, 6) is -1.22. The summed E-state index contributed by atoms with van der Waals surface area (Å²) in [6.45, 7) is 5.58. The second-order valence-electron chi connectivity index (χ2n) is 8.42. The van der Waals surface area contributed by atoms with Gasteiger partial charge in [-0.15, -0.1) is 0 Å². The molecule has 0 radical (unpaired) electrons. The highest BCUT2D eigenvalue weighted by Crippen LogP contribution is 2.66.